The zero-order valence-corrected chi connectivity index (χ0v) is 9.33. The summed E-state index contributed by atoms with van der Waals surface area (Å²) in [5.41, 5.74) is 1.34. The first-order valence-corrected chi connectivity index (χ1v) is 5.85. The van der Waals surface area contributed by atoms with Gasteiger partial charge in [-0.25, -0.2) is 0 Å². The smallest absolute Gasteiger partial charge is 0.122 e. The number of ether oxygens (including phenoxy) is 1. The first-order chi connectivity index (χ1) is 7.40. The van der Waals surface area contributed by atoms with Crippen molar-refractivity contribution < 1.29 is 4.74 Å². The first kappa shape index (κ1) is 10.5. The van der Waals surface area contributed by atoms with Gasteiger partial charge >= 0.3 is 0 Å². The minimum Gasteiger partial charge on any atom is -0.489 e. The van der Waals surface area contributed by atoms with Crippen molar-refractivity contribution in [1.82, 2.24) is 5.32 Å². The summed E-state index contributed by atoms with van der Waals surface area (Å²) in [5.74, 6) is 1.08. The lowest BCUT2D eigenvalue weighted by molar-refractivity contribution is 0.221. The standard InChI is InChI=1S/C13H19NO/c1-2-5-11-6-3-4-7-13(11)15-12-8-9-14-10-12/h3-4,6-7,12,14H,2,5,8-10H2,1H3/t12-/m0/s1. The second-order valence-corrected chi connectivity index (χ2v) is 4.09. The molecule has 1 aliphatic heterocycles. The molecule has 0 spiro atoms. The van der Waals surface area contributed by atoms with Crippen LogP contribution in [0.4, 0.5) is 0 Å². The predicted octanol–water partition coefficient (Wildman–Crippen LogP) is 2.38. The maximum Gasteiger partial charge on any atom is 0.122 e. The third-order valence-electron chi connectivity index (χ3n) is 2.80. The third-order valence-corrected chi connectivity index (χ3v) is 2.80. The van der Waals surface area contributed by atoms with Crippen molar-refractivity contribution >= 4 is 0 Å². The molecule has 1 aromatic rings. The maximum atomic E-state index is 6.00. The summed E-state index contributed by atoms with van der Waals surface area (Å²) in [5, 5.41) is 3.32. The van der Waals surface area contributed by atoms with Crippen LogP contribution in [-0.2, 0) is 6.42 Å². The number of nitrogens with one attached hydrogen (secondary N) is 1. The Labute approximate surface area is 91.6 Å². The maximum absolute atomic E-state index is 6.00. The van der Waals surface area contributed by atoms with Gasteiger partial charge in [-0.3, -0.25) is 0 Å². The number of rotatable bonds is 4. The molecular weight excluding hydrogens is 186 g/mol. The molecular formula is C13H19NO. The summed E-state index contributed by atoms with van der Waals surface area (Å²) in [4.78, 5) is 0. The molecule has 2 nitrogen and oxygen atoms in total. The van der Waals surface area contributed by atoms with Crippen molar-refractivity contribution in [2.24, 2.45) is 0 Å². The number of hydrogen-bond acceptors (Lipinski definition) is 2. The van der Waals surface area contributed by atoms with Gasteiger partial charge in [0.15, 0.2) is 0 Å². The molecule has 1 saturated heterocycles. The molecule has 15 heavy (non-hydrogen) atoms. The van der Waals surface area contributed by atoms with E-state index in [9.17, 15) is 0 Å². The zero-order chi connectivity index (χ0) is 10.5. The number of hydrogen-bond donors (Lipinski definition) is 1. The van der Waals surface area contributed by atoms with Crippen LogP contribution in [0.2, 0.25) is 0 Å². The van der Waals surface area contributed by atoms with E-state index in [2.05, 4.69) is 36.5 Å². The van der Waals surface area contributed by atoms with Gasteiger partial charge in [-0.15, -0.1) is 0 Å². The molecule has 1 N–H and O–H groups in total. The van der Waals surface area contributed by atoms with E-state index in [1.807, 2.05) is 0 Å². The second-order valence-electron chi connectivity index (χ2n) is 4.09. The van der Waals surface area contributed by atoms with Crippen molar-refractivity contribution in [3.63, 3.8) is 0 Å². The van der Waals surface area contributed by atoms with E-state index < -0.39 is 0 Å². The van der Waals surface area contributed by atoms with E-state index in [0.717, 1.165) is 31.7 Å². The Balaban J connectivity index is 2.05. The Kier molecular flexibility index (Phi) is 3.62. The number of para-hydroxylation sites is 1. The van der Waals surface area contributed by atoms with Crippen LogP contribution >= 0.6 is 0 Å². The van der Waals surface area contributed by atoms with E-state index in [1.54, 1.807) is 0 Å². The van der Waals surface area contributed by atoms with Gasteiger partial charge in [-0.1, -0.05) is 31.5 Å². The molecule has 0 amide bonds. The SMILES string of the molecule is CCCc1ccccc1O[C@H]1CCNC1. The molecule has 1 aromatic carbocycles. The van der Waals surface area contributed by atoms with Crippen LogP contribution in [0.1, 0.15) is 25.3 Å². The van der Waals surface area contributed by atoms with Gasteiger partial charge in [0.1, 0.15) is 11.9 Å². The molecule has 1 atom stereocenters. The van der Waals surface area contributed by atoms with Gasteiger partial charge in [0.2, 0.25) is 0 Å². The Morgan fingerprint density at radius 1 is 1.40 bits per heavy atom. The van der Waals surface area contributed by atoms with Gasteiger partial charge in [0.05, 0.1) is 0 Å². The molecule has 82 valence electrons. The number of benzene rings is 1. The fraction of sp³-hybridized carbons (Fsp3) is 0.538. The van der Waals surface area contributed by atoms with Gasteiger partial charge in [-0.05, 0) is 31.0 Å². The Bertz CT molecular complexity index is 305. The van der Waals surface area contributed by atoms with E-state index >= 15 is 0 Å². The lowest BCUT2D eigenvalue weighted by Crippen LogP contribution is -2.20. The van der Waals surface area contributed by atoms with E-state index in [1.165, 1.54) is 12.0 Å². The molecule has 0 aromatic heterocycles. The van der Waals surface area contributed by atoms with Gasteiger partial charge in [-0.2, -0.15) is 0 Å². The molecule has 2 rings (SSSR count). The van der Waals surface area contributed by atoms with Crippen LogP contribution in [0, 0.1) is 0 Å². The summed E-state index contributed by atoms with van der Waals surface area (Å²) < 4.78 is 6.00. The topological polar surface area (TPSA) is 21.3 Å². The van der Waals surface area contributed by atoms with Crippen molar-refractivity contribution in [1.29, 1.82) is 0 Å². The van der Waals surface area contributed by atoms with Crippen LogP contribution in [-0.4, -0.2) is 19.2 Å². The predicted molar refractivity (Wildman–Crippen MR) is 62.3 cm³/mol. The Hall–Kier alpha value is -1.02. The fourth-order valence-corrected chi connectivity index (χ4v) is 2.00. The van der Waals surface area contributed by atoms with Crippen molar-refractivity contribution in [3.05, 3.63) is 29.8 Å². The van der Waals surface area contributed by atoms with Crippen LogP contribution in [0.15, 0.2) is 24.3 Å². The van der Waals surface area contributed by atoms with E-state index in [0.29, 0.717) is 6.10 Å². The zero-order valence-electron chi connectivity index (χ0n) is 9.33. The van der Waals surface area contributed by atoms with Crippen LogP contribution in [0.5, 0.6) is 5.75 Å². The molecule has 1 fully saturated rings. The molecule has 1 heterocycles. The van der Waals surface area contributed by atoms with Crippen molar-refractivity contribution in [3.8, 4) is 5.75 Å². The van der Waals surface area contributed by atoms with Crippen molar-refractivity contribution in [2.45, 2.75) is 32.3 Å². The molecule has 0 unspecified atom stereocenters. The average Bonchev–Trinajstić information content (AvgIpc) is 2.74. The lowest BCUT2D eigenvalue weighted by atomic mass is 10.1. The Morgan fingerprint density at radius 3 is 3.00 bits per heavy atom. The quantitative estimate of drug-likeness (QED) is 0.815. The molecule has 1 aliphatic rings. The minimum absolute atomic E-state index is 0.364. The summed E-state index contributed by atoms with van der Waals surface area (Å²) in [6.45, 7) is 4.27. The highest BCUT2D eigenvalue weighted by Gasteiger charge is 2.16. The van der Waals surface area contributed by atoms with Crippen LogP contribution in [0.25, 0.3) is 0 Å². The lowest BCUT2D eigenvalue weighted by Gasteiger charge is -2.15. The molecule has 2 heteroatoms. The van der Waals surface area contributed by atoms with E-state index in [4.69, 9.17) is 4.74 Å². The highest BCUT2D eigenvalue weighted by Crippen LogP contribution is 2.22. The van der Waals surface area contributed by atoms with Gasteiger partial charge in [0, 0.05) is 6.54 Å². The molecule has 0 aliphatic carbocycles. The Morgan fingerprint density at radius 2 is 2.27 bits per heavy atom. The van der Waals surface area contributed by atoms with Crippen molar-refractivity contribution in [2.75, 3.05) is 13.1 Å². The first-order valence-electron chi connectivity index (χ1n) is 5.85. The highest BCUT2D eigenvalue weighted by molar-refractivity contribution is 5.33. The highest BCUT2D eigenvalue weighted by atomic mass is 16.5. The molecule has 0 radical (unpaired) electrons. The summed E-state index contributed by atoms with van der Waals surface area (Å²) >= 11 is 0. The van der Waals surface area contributed by atoms with Gasteiger partial charge in [0.25, 0.3) is 0 Å². The molecule has 0 bridgehead atoms. The van der Waals surface area contributed by atoms with Crippen LogP contribution < -0.4 is 10.1 Å². The van der Waals surface area contributed by atoms with Crippen LogP contribution in [0.3, 0.4) is 0 Å². The average molecular weight is 205 g/mol. The normalized spacial score (nSPS) is 20.5. The van der Waals surface area contributed by atoms with E-state index in [-0.39, 0.29) is 0 Å². The molecule has 0 saturated carbocycles. The summed E-state index contributed by atoms with van der Waals surface area (Å²) in [6.07, 6.45) is 3.77. The second kappa shape index (κ2) is 5.17. The summed E-state index contributed by atoms with van der Waals surface area (Å²) in [6, 6.07) is 8.39. The largest absolute Gasteiger partial charge is 0.489 e. The summed E-state index contributed by atoms with van der Waals surface area (Å²) in [7, 11) is 0. The van der Waals surface area contributed by atoms with Gasteiger partial charge < -0.3 is 10.1 Å². The monoisotopic (exact) mass is 205 g/mol. The fourth-order valence-electron chi connectivity index (χ4n) is 2.00. The minimum atomic E-state index is 0.364. The third kappa shape index (κ3) is 2.72. The number of aryl methyl sites for hydroxylation is 1.